The minimum Gasteiger partial charge on any atom is -0.395 e. The lowest BCUT2D eigenvalue weighted by atomic mass is 10.1. The molecule has 1 amide bonds. The zero-order chi connectivity index (χ0) is 20.1. The molecule has 0 saturated carbocycles. The number of anilines is 2. The molecule has 7 nitrogen and oxygen atoms in total. The average Bonchev–Trinajstić information content (AvgIpc) is 2.68. The summed E-state index contributed by atoms with van der Waals surface area (Å²) < 4.78 is 40.6. The summed E-state index contributed by atoms with van der Waals surface area (Å²) >= 11 is 0. The SMILES string of the molecule is O=C(c1cnc(Nc2ccccc2)nc1C(F)(F)F)N1CCN(CCO)CC1. The zero-order valence-corrected chi connectivity index (χ0v) is 15.0. The number of aliphatic hydroxyl groups excluding tert-OH is 1. The van der Waals surface area contributed by atoms with E-state index >= 15 is 0 Å². The van der Waals surface area contributed by atoms with Crippen molar-refractivity contribution < 1.29 is 23.1 Å². The second-order valence-corrected chi connectivity index (χ2v) is 6.30. The Bertz CT molecular complexity index is 809. The fourth-order valence-corrected chi connectivity index (χ4v) is 2.95. The number of β-amino-alcohol motifs (C(OH)–C–C–N with tert-alkyl or cyclic N) is 1. The summed E-state index contributed by atoms with van der Waals surface area (Å²) in [6.45, 7) is 2.00. The molecule has 2 N–H and O–H groups in total. The van der Waals surface area contributed by atoms with E-state index in [9.17, 15) is 18.0 Å². The van der Waals surface area contributed by atoms with Crippen LogP contribution in [0.15, 0.2) is 36.5 Å². The predicted molar refractivity (Wildman–Crippen MR) is 96.2 cm³/mol. The number of carbonyl (C=O) groups excluding carboxylic acids is 1. The summed E-state index contributed by atoms with van der Waals surface area (Å²) in [6.07, 6.45) is -3.87. The molecule has 2 aromatic rings. The van der Waals surface area contributed by atoms with Crippen molar-refractivity contribution in [3.05, 3.63) is 47.8 Å². The normalized spacial score (nSPS) is 15.5. The van der Waals surface area contributed by atoms with Crippen LogP contribution in [0.1, 0.15) is 16.1 Å². The first-order chi connectivity index (χ1) is 13.4. The number of hydrogen-bond donors (Lipinski definition) is 2. The Morgan fingerprint density at radius 3 is 2.43 bits per heavy atom. The zero-order valence-electron chi connectivity index (χ0n) is 15.0. The molecule has 1 aliphatic heterocycles. The van der Waals surface area contributed by atoms with Gasteiger partial charge < -0.3 is 15.3 Å². The number of rotatable bonds is 5. The Balaban J connectivity index is 1.81. The van der Waals surface area contributed by atoms with E-state index in [1.54, 1.807) is 30.3 Å². The minimum atomic E-state index is -4.79. The van der Waals surface area contributed by atoms with Crippen LogP contribution in [-0.2, 0) is 6.18 Å². The highest BCUT2D eigenvalue weighted by Gasteiger charge is 2.39. The molecule has 0 unspecified atom stereocenters. The van der Waals surface area contributed by atoms with Gasteiger partial charge in [0.1, 0.15) is 0 Å². The Labute approximate surface area is 159 Å². The molecule has 3 rings (SSSR count). The number of nitrogens with one attached hydrogen (secondary N) is 1. The van der Waals surface area contributed by atoms with Gasteiger partial charge in [-0.05, 0) is 12.1 Å². The van der Waals surface area contributed by atoms with Gasteiger partial charge in [0.25, 0.3) is 5.91 Å². The van der Waals surface area contributed by atoms with Gasteiger partial charge in [-0.2, -0.15) is 13.2 Å². The average molecular weight is 395 g/mol. The summed E-state index contributed by atoms with van der Waals surface area (Å²) in [7, 11) is 0. The fraction of sp³-hybridized carbons (Fsp3) is 0.389. The van der Waals surface area contributed by atoms with Gasteiger partial charge in [-0.15, -0.1) is 0 Å². The van der Waals surface area contributed by atoms with Gasteiger partial charge in [-0.3, -0.25) is 9.69 Å². The summed E-state index contributed by atoms with van der Waals surface area (Å²) in [6, 6.07) is 8.56. The van der Waals surface area contributed by atoms with Gasteiger partial charge >= 0.3 is 6.18 Å². The number of nitrogens with zero attached hydrogens (tertiary/aromatic N) is 4. The highest BCUT2D eigenvalue weighted by molar-refractivity contribution is 5.95. The van der Waals surface area contributed by atoms with Crippen molar-refractivity contribution in [2.24, 2.45) is 0 Å². The number of benzene rings is 1. The van der Waals surface area contributed by atoms with Crippen LogP contribution >= 0.6 is 0 Å². The van der Waals surface area contributed by atoms with Crippen LogP contribution in [0.25, 0.3) is 0 Å². The lowest BCUT2D eigenvalue weighted by Gasteiger charge is -2.34. The molecular weight excluding hydrogens is 375 g/mol. The molecule has 0 spiro atoms. The van der Waals surface area contributed by atoms with E-state index in [1.165, 1.54) is 4.90 Å². The Morgan fingerprint density at radius 1 is 1.14 bits per heavy atom. The maximum Gasteiger partial charge on any atom is 0.434 e. The van der Waals surface area contributed by atoms with Crippen molar-refractivity contribution >= 4 is 17.5 Å². The van der Waals surface area contributed by atoms with Crippen molar-refractivity contribution in [2.75, 3.05) is 44.6 Å². The highest BCUT2D eigenvalue weighted by Crippen LogP contribution is 2.32. The number of aliphatic hydroxyl groups is 1. The highest BCUT2D eigenvalue weighted by atomic mass is 19.4. The lowest BCUT2D eigenvalue weighted by molar-refractivity contribution is -0.141. The number of piperazine rings is 1. The largest absolute Gasteiger partial charge is 0.434 e. The summed E-state index contributed by atoms with van der Waals surface area (Å²) in [5.41, 5.74) is -1.29. The monoisotopic (exact) mass is 395 g/mol. The van der Waals surface area contributed by atoms with Crippen molar-refractivity contribution in [1.29, 1.82) is 0 Å². The third-order valence-electron chi connectivity index (χ3n) is 4.39. The van der Waals surface area contributed by atoms with Crippen LogP contribution in [0, 0.1) is 0 Å². The molecule has 0 aliphatic carbocycles. The van der Waals surface area contributed by atoms with Crippen LogP contribution < -0.4 is 5.32 Å². The molecule has 1 aromatic heterocycles. The smallest absolute Gasteiger partial charge is 0.395 e. The van der Waals surface area contributed by atoms with Gasteiger partial charge in [0.2, 0.25) is 5.95 Å². The van der Waals surface area contributed by atoms with Crippen LogP contribution in [0.5, 0.6) is 0 Å². The Morgan fingerprint density at radius 2 is 1.82 bits per heavy atom. The third-order valence-corrected chi connectivity index (χ3v) is 4.39. The standard InChI is InChI=1S/C18H20F3N5O2/c19-18(20,21)15-14(16(28)26-8-6-25(7-9-26)10-11-27)12-22-17(24-15)23-13-4-2-1-3-5-13/h1-5,12,27H,6-11H2,(H,22,23,24). The molecule has 0 atom stereocenters. The van der Waals surface area contributed by atoms with E-state index in [4.69, 9.17) is 5.11 Å². The number of halogens is 3. The lowest BCUT2D eigenvalue weighted by Crippen LogP contribution is -2.49. The predicted octanol–water partition coefficient (Wildman–Crippen LogP) is 1.99. The second kappa shape index (κ2) is 8.53. The Kier molecular flexibility index (Phi) is 6.10. The first-order valence-corrected chi connectivity index (χ1v) is 8.77. The maximum absolute atomic E-state index is 13.5. The summed E-state index contributed by atoms with van der Waals surface area (Å²) in [5.74, 6) is -0.981. The van der Waals surface area contributed by atoms with Gasteiger partial charge in [0.05, 0.1) is 12.2 Å². The van der Waals surface area contributed by atoms with E-state index in [-0.39, 0.29) is 25.6 Å². The van der Waals surface area contributed by atoms with Gasteiger partial charge in [0, 0.05) is 44.6 Å². The quantitative estimate of drug-likeness (QED) is 0.806. The molecular formula is C18H20F3N5O2. The van der Waals surface area contributed by atoms with E-state index in [2.05, 4.69) is 15.3 Å². The topological polar surface area (TPSA) is 81.6 Å². The van der Waals surface area contributed by atoms with Crippen molar-refractivity contribution in [2.45, 2.75) is 6.18 Å². The minimum absolute atomic E-state index is 0.00408. The van der Waals surface area contributed by atoms with Crippen molar-refractivity contribution in [3.8, 4) is 0 Å². The fourth-order valence-electron chi connectivity index (χ4n) is 2.95. The van der Waals surface area contributed by atoms with Crippen LogP contribution in [0.2, 0.25) is 0 Å². The first kappa shape index (κ1) is 20.0. The second-order valence-electron chi connectivity index (χ2n) is 6.30. The van der Waals surface area contributed by atoms with Crippen molar-refractivity contribution in [3.63, 3.8) is 0 Å². The van der Waals surface area contributed by atoms with E-state index in [0.29, 0.717) is 25.3 Å². The maximum atomic E-state index is 13.5. The van der Waals surface area contributed by atoms with Gasteiger partial charge in [0.15, 0.2) is 5.69 Å². The Hall–Kier alpha value is -2.72. The van der Waals surface area contributed by atoms with Crippen LogP contribution in [0.4, 0.5) is 24.8 Å². The van der Waals surface area contributed by atoms with Crippen LogP contribution in [-0.4, -0.2) is 70.1 Å². The van der Waals surface area contributed by atoms with Gasteiger partial charge in [-0.25, -0.2) is 9.97 Å². The molecule has 10 heteroatoms. The molecule has 2 heterocycles. The van der Waals surface area contributed by atoms with E-state index in [0.717, 1.165) is 6.20 Å². The number of aromatic nitrogens is 2. The molecule has 1 fully saturated rings. The number of amides is 1. The number of carbonyl (C=O) groups is 1. The van der Waals surface area contributed by atoms with E-state index < -0.39 is 23.3 Å². The van der Waals surface area contributed by atoms with E-state index in [1.807, 2.05) is 4.90 Å². The summed E-state index contributed by atoms with van der Waals surface area (Å²) in [4.78, 5) is 23.4. The van der Waals surface area contributed by atoms with Crippen LogP contribution in [0.3, 0.4) is 0 Å². The number of alkyl halides is 3. The first-order valence-electron chi connectivity index (χ1n) is 8.77. The number of para-hydroxylation sites is 1. The molecule has 1 aliphatic rings. The number of hydrogen-bond acceptors (Lipinski definition) is 6. The third kappa shape index (κ3) is 4.76. The van der Waals surface area contributed by atoms with Gasteiger partial charge in [-0.1, -0.05) is 18.2 Å². The molecule has 150 valence electrons. The molecule has 1 aromatic carbocycles. The summed E-state index contributed by atoms with van der Waals surface area (Å²) in [5, 5.41) is 11.7. The molecule has 0 bridgehead atoms. The molecule has 1 saturated heterocycles. The van der Waals surface area contributed by atoms with Crippen molar-refractivity contribution in [1.82, 2.24) is 19.8 Å². The molecule has 28 heavy (non-hydrogen) atoms. The molecule has 0 radical (unpaired) electrons.